The van der Waals surface area contributed by atoms with E-state index >= 15 is 0 Å². The number of nitrogens with zero attached hydrogens (tertiary/aromatic N) is 4. The molecule has 4 saturated heterocycles. The predicted molar refractivity (Wildman–Crippen MR) is 162 cm³/mol. The van der Waals surface area contributed by atoms with E-state index in [9.17, 15) is 0 Å². The number of benzene rings is 3. The van der Waals surface area contributed by atoms with Gasteiger partial charge in [-0.05, 0) is 92.9 Å². The van der Waals surface area contributed by atoms with Crippen molar-refractivity contribution in [3.63, 3.8) is 0 Å². The number of anilines is 2. The molecule has 6 aliphatic rings. The Kier molecular flexibility index (Phi) is 5.59. The first-order valence-electron chi connectivity index (χ1n) is 15.2. The fourth-order valence-electron chi connectivity index (χ4n) is 8.70. The molecule has 202 valence electrons. The van der Waals surface area contributed by atoms with Gasteiger partial charge in [-0.15, -0.1) is 0 Å². The number of hydrazine groups is 2. The average molecular weight is 511 g/mol. The first-order valence-corrected chi connectivity index (χ1v) is 15.2. The second-order valence-electron chi connectivity index (χ2n) is 14.4. The normalized spacial score (nSPS) is 28.7. The monoisotopic (exact) mass is 510 g/mol. The zero-order valence-corrected chi connectivity index (χ0v) is 24.4. The molecule has 2 aliphatic carbocycles. The van der Waals surface area contributed by atoms with Gasteiger partial charge in [-0.1, -0.05) is 48.5 Å². The van der Waals surface area contributed by atoms with Crippen molar-refractivity contribution in [1.82, 2.24) is 10.0 Å². The molecule has 3 aromatic carbocycles. The van der Waals surface area contributed by atoms with Gasteiger partial charge < -0.3 is 10.0 Å². The Morgan fingerprint density at radius 3 is 0.974 bits per heavy atom. The van der Waals surface area contributed by atoms with Gasteiger partial charge >= 0.3 is 0 Å². The Labute approximate surface area is 229 Å². The number of fused-ring (bicyclic) bond motifs is 8. The fraction of sp³-hybridized carbons (Fsp3) is 0.588. The van der Waals surface area contributed by atoms with Crippen molar-refractivity contribution in [2.45, 2.75) is 128 Å². The standard InChI is InChI=1S/C34H46N4/c1-33(2,3)37-25-19-15-23(16-20-25)35(37)31-27-11-7-9-13-29(27)32(30-14-10-8-12-28(30)31)36-24-17-21-26(22-18-24)38(36)34(4,5)6/h7-14,23-26H,15-22H2,1-6H3. The van der Waals surface area contributed by atoms with Gasteiger partial charge in [0.15, 0.2) is 0 Å². The Morgan fingerprint density at radius 2 is 0.711 bits per heavy atom. The summed E-state index contributed by atoms with van der Waals surface area (Å²) in [4.78, 5) is 0. The first-order chi connectivity index (χ1) is 18.1. The van der Waals surface area contributed by atoms with Crippen LogP contribution in [-0.4, -0.2) is 45.3 Å². The lowest BCUT2D eigenvalue weighted by Crippen LogP contribution is -2.67. The maximum absolute atomic E-state index is 2.77. The lowest BCUT2D eigenvalue weighted by molar-refractivity contribution is -0.0142. The molecule has 4 heteroatoms. The van der Waals surface area contributed by atoms with Crippen LogP contribution in [0.3, 0.4) is 0 Å². The maximum atomic E-state index is 2.77. The Morgan fingerprint density at radius 1 is 0.447 bits per heavy atom. The molecule has 4 heterocycles. The highest BCUT2D eigenvalue weighted by molar-refractivity contribution is 6.20. The molecule has 4 nitrogen and oxygen atoms in total. The molecule has 0 amide bonds. The highest BCUT2D eigenvalue weighted by Gasteiger charge is 2.48. The molecule has 2 saturated carbocycles. The van der Waals surface area contributed by atoms with Gasteiger partial charge in [-0.25, -0.2) is 10.0 Å². The molecule has 4 aliphatic heterocycles. The van der Waals surface area contributed by atoms with E-state index in [4.69, 9.17) is 0 Å². The summed E-state index contributed by atoms with van der Waals surface area (Å²) in [6, 6.07) is 21.1. The SMILES string of the molecule is CC(C)(C)N1C2CCC(CC2)N1c1c2ccccc2c(N2C3CCC(CC3)N2C(C)(C)C)c2ccccc12. The van der Waals surface area contributed by atoms with Crippen molar-refractivity contribution < 1.29 is 0 Å². The number of rotatable bonds is 2. The van der Waals surface area contributed by atoms with E-state index in [0.717, 1.165) is 0 Å². The van der Waals surface area contributed by atoms with Crippen molar-refractivity contribution in [1.29, 1.82) is 0 Å². The Balaban J connectivity index is 1.53. The third kappa shape index (κ3) is 3.63. The van der Waals surface area contributed by atoms with Crippen LogP contribution in [0.4, 0.5) is 11.4 Å². The van der Waals surface area contributed by atoms with E-state index in [2.05, 4.69) is 110 Å². The summed E-state index contributed by atoms with van der Waals surface area (Å²) in [6.07, 6.45) is 10.5. The van der Waals surface area contributed by atoms with Crippen molar-refractivity contribution in [3.05, 3.63) is 48.5 Å². The van der Waals surface area contributed by atoms with Crippen LogP contribution in [-0.2, 0) is 0 Å². The van der Waals surface area contributed by atoms with E-state index in [1.165, 1.54) is 84.3 Å². The minimum Gasteiger partial charge on any atom is -0.301 e. The molecule has 3 aromatic rings. The van der Waals surface area contributed by atoms with Gasteiger partial charge in [-0.3, -0.25) is 0 Å². The lowest BCUT2D eigenvalue weighted by atomic mass is 9.82. The van der Waals surface area contributed by atoms with Crippen LogP contribution in [0.1, 0.15) is 92.9 Å². The average Bonchev–Trinajstić information content (AvgIpc) is 2.91. The van der Waals surface area contributed by atoms with Crippen molar-refractivity contribution in [2.75, 3.05) is 10.0 Å². The van der Waals surface area contributed by atoms with E-state index in [1.807, 2.05) is 0 Å². The lowest BCUT2D eigenvalue weighted by Gasteiger charge is -2.60. The molecule has 38 heavy (non-hydrogen) atoms. The Hall–Kier alpha value is -2.30. The summed E-state index contributed by atoms with van der Waals surface area (Å²) in [6.45, 7) is 14.4. The summed E-state index contributed by atoms with van der Waals surface area (Å²) in [5, 5.41) is 16.7. The zero-order valence-electron chi connectivity index (χ0n) is 24.4. The largest absolute Gasteiger partial charge is 0.301 e. The van der Waals surface area contributed by atoms with Crippen LogP contribution in [0.25, 0.3) is 21.5 Å². The molecule has 0 N–H and O–H groups in total. The zero-order chi connectivity index (χ0) is 26.4. The van der Waals surface area contributed by atoms with Gasteiger partial charge in [0, 0.05) is 56.8 Å². The minimum absolute atomic E-state index is 0.0830. The van der Waals surface area contributed by atoms with Gasteiger partial charge in [0.25, 0.3) is 0 Å². The quantitative estimate of drug-likeness (QED) is 0.322. The van der Waals surface area contributed by atoms with Gasteiger partial charge in [0.05, 0.1) is 11.4 Å². The van der Waals surface area contributed by atoms with E-state index in [1.54, 1.807) is 0 Å². The predicted octanol–water partition coefficient (Wildman–Crippen LogP) is 8.29. The highest BCUT2D eigenvalue weighted by atomic mass is 15.7. The molecule has 0 unspecified atom stereocenters. The van der Waals surface area contributed by atoms with Crippen LogP contribution < -0.4 is 10.0 Å². The first kappa shape index (κ1) is 24.7. The van der Waals surface area contributed by atoms with E-state index in [-0.39, 0.29) is 11.1 Å². The summed E-state index contributed by atoms with van der Waals surface area (Å²) < 4.78 is 0. The topological polar surface area (TPSA) is 13.0 Å². The molecule has 0 atom stereocenters. The smallest absolute Gasteiger partial charge is 0.0684 e. The molecular formula is C34H46N4. The maximum Gasteiger partial charge on any atom is 0.0684 e. The van der Waals surface area contributed by atoms with Crippen molar-refractivity contribution >= 4 is 32.9 Å². The highest BCUT2D eigenvalue weighted by Crippen LogP contribution is 2.52. The molecule has 0 radical (unpaired) electrons. The summed E-state index contributed by atoms with van der Waals surface area (Å²) in [7, 11) is 0. The van der Waals surface area contributed by atoms with Crippen molar-refractivity contribution in [3.8, 4) is 0 Å². The summed E-state index contributed by atoms with van der Waals surface area (Å²) >= 11 is 0. The van der Waals surface area contributed by atoms with Crippen LogP contribution in [0, 0.1) is 0 Å². The minimum atomic E-state index is 0.0830. The van der Waals surface area contributed by atoms with Gasteiger partial charge in [0.2, 0.25) is 0 Å². The molecule has 0 spiro atoms. The van der Waals surface area contributed by atoms with E-state index < -0.39 is 0 Å². The van der Waals surface area contributed by atoms with Crippen LogP contribution in [0.2, 0.25) is 0 Å². The van der Waals surface area contributed by atoms with Crippen molar-refractivity contribution in [2.24, 2.45) is 0 Å². The van der Waals surface area contributed by atoms with Crippen LogP contribution in [0.15, 0.2) is 48.5 Å². The van der Waals surface area contributed by atoms with E-state index in [0.29, 0.717) is 24.2 Å². The Bertz CT molecular complexity index is 1190. The fourth-order valence-corrected chi connectivity index (χ4v) is 8.70. The van der Waals surface area contributed by atoms with Crippen LogP contribution >= 0.6 is 0 Å². The second kappa shape index (κ2) is 8.60. The van der Waals surface area contributed by atoms with Gasteiger partial charge in [-0.2, -0.15) is 0 Å². The third-order valence-corrected chi connectivity index (χ3v) is 9.89. The number of hydrogen-bond donors (Lipinski definition) is 0. The summed E-state index contributed by atoms with van der Waals surface area (Å²) in [5.74, 6) is 0. The molecular weight excluding hydrogens is 464 g/mol. The molecule has 0 aromatic heterocycles. The summed E-state index contributed by atoms with van der Waals surface area (Å²) in [5.41, 5.74) is 3.04. The molecule has 6 fully saturated rings. The third-order valence-electron chi connectivity index (χ3n) is 9.89. The van der Waals surface area contributed by atoms with Crippen LogP contribution in [0.5, 0.6) is 0 Å². The van der Waals surface area contributed by atoms with Gasteiger partial charge in [0.1, 0.15) is 0 Å². The molecule has 4 bridgehead atoms. The number of hydrogen-bond acceptors (Lipinski definition) is 4. The molecule has 9 rings (SSSR count). The second-order valence-corrected chi connectivity index (χ2v) is 14.4.